The van der Waals surface area contributed by atoms with E-state index in [9.17, 15) is 0 Å². The third kappa shape index (κ3) is 20.3. The number of unbranched alkanes of at least 4 members (excludes halogenated alkanes) is 22. The van der Waals surface area contributed by atoms with Gasteiger partial charge >= 0.3 is 0 Å². The van der Waals surface area contributed by atoms with Crippen LogP contribution in [0.25, 0.3) is 0 Å². The van der Waals surface area contributed by atoms with Gasteiger partial charge in [0.1, 0.15) is 0 Å². The van der Waals surface area contributed by atoms with E-state index >= 15 is 0 Å². The van der Waals surface area contributed by atoms with E-state index in [1.165, 1.54) is 167 Å². The van der Waals surface area contributed by atoms with Crippen LogP contribution in [0.15, 0.2) is 12.7 Å². The van der Waals surface area contributed by atoms with Gasteiger partial charge in [-0.2, -0.15) is 0 Å². The molecule has 1 fully saturated rings. The lowest BCUT2D eigenvalue weighted by Crippen LogP contribution is -1.94. The van der Waals surface area contributed by atoms with E-state index in [0.29, 0.717) is 12.2 Å². The molecule has 0 aromatic heterocycles. The number of allylic oxidation sites excluding steroid dienone is 1. The second-order valence-electron chi connectivity index (χ2n) is 10.6. The molecule has 0 saturated carbocycles. The zero-order valence-corrected chi connectivity index (χ0v) is 22.2. The van der Waals surface area contributed by atoms with Crippen molar-refractivity contribution >= 4 is 0 Å². The second-order valence-corrected chi connectivity index (χ2v) is 10.6. The van der Waals surface area contributed by atoms with Gasteiger partial charge in [0.15, 0.2) is 0 Å². The first-order valence-corrected chi connectivity index (χ1v) is 15.1. The van der Waals surface area contributed by atoms with Gasteiger partial charge < -0.3 is 4.74 Å². The molecule has 0 aromatic carbocycles. The van der Waals surface area contributed by atoms with Crippen molar-refractivity contribution in [2.75, 3.05) is 0 Å². The molecule has 2 unspecified atom stereocenters. The summed E-state index contributed by atoms with van der Waals surface area (Å²) in [5, 5.41) is 0. The summed E-state index contributed by atoms with van der Waals surface area (Å²) in [6, 6.07) is 0. The molecule has 0 bridgehead atoms. The molecular formula is C31H60O. The highest BCUT2D eigenvalue weighted by atomic mass is 16.6. The first-order valence-electron chi connectivity index (χ1n) is 15.1. The molecule has 0 aliphatic carbocycles. The van der Waals surface area contributed by atoms with E-state index in [2.05, 4.69) is 19.6 Å². The molecule has 1 aliphatic rings. The Bertz CT molecular complexity index is 377. The van der Waals surface area contributed by atoms with Crippen LogP contribution in [0.2, 0.25) is 0 Å². The summed E-state index contributed by atoms with van der Waals surface area (Å²) in [6.07, 6.45) is 40.2. The van der Waals surface area contributed by atoms with Gasteiger partial charge in [-0.1, -0.05) is 154 Å². The second kappa shape index (κ2) is 23.8. The Kier molecular flexibility index (Phi) is 22.2. The summed E-state index contributed by atoms with van der Waals surface area (Å²) in [7, 11) is 0. The predicted octanol–water partition coefficient (Wildman–Crippen LogP) is 11.1. The highest BCUT2D eigenvalue weighted by Crippen LogP contribution is 2.31. The van der Waals surface area contributed by atoms with Crippen LogP contribution in [-0.2, 0) is 4.74 Å². The Morgan fingerprint density at radius 2 is 0.781 bits per heavy atom. The fourth-order valence-electron chi connectivity index (χ4n) is 5.10. The Morgan fingerprint density at radius 1 is 0.469 bits per heavy atom. The minimum Gasteiger partial charge on any atom is -0.370 e. The van der Waals surface area contributed by atoms with Crippen molar-refractivity contribution in [2.45, 2.75) is 186 Å². The topological polar surface area (TPSA) is 12.5 Å². The van der Waals surface area contributed by atoms with Crippen LogP contribution in [0.1, 0.15) is 174 Å². The van der Waals surface area contributed by atoms with E-state index in [0.717, 1.165) is 0 Å². The van der Waals surface area contributed by atoms with E-state index in [1.54, 1.807) is 0 Å². The SMILES string of the molecule is C=CCCCCCCCCCCCCCCCCCCCC1OC1CCCCCCCC. The molecule has 0 amide bonds. The Hall–Kier alpha value is -0.300. The monoisotopic (exact) mass is 448 g/mol. The maximum absolute atomic E-state index is 5.88. The zero-order valence-electron chi connectivity index (χ0n) is 22.2. The van der Waals surface area contributed by atoms with Crippen LogP contribution in [-0.4, -0.2) is 12.2 Å². The first-order chi connectivity index (χ1) is 15.9. The normalized spacial score (nSPS) is 17.7. The average molecular weight is 449 g/mol. The lowest BCUT2D eigenvalue weighted by molar-refractivity contribution is 0.347. The summed E-state index contributed by atoms with van der Waals surface area (Å²) in [5.41, 5.74) is 0. The standard InChI is InChI=1S/C31H60O/c1-3-5-7-9-11-12-13-14-15-16-17-18-19-20-21-22-23-25-27-29-31-30(32-31)28-26-24-10-8-6-4-2/h3,30-31H,1,4-29H2,2H3. The predicted molar refractivity (Wildman–Crippen MR) is 145 cm³/mol. The summed E-state index contributed by atoms with van der Waals surface area (Å²) in [5.74, 6) is 0. The summed E-state index contributed by atoms with van der Waals surface area (Å²) < 4.78 is 5.88. The minimum atomic E-state index is 0.632. The lowest BCUT2D eigenvalue weighted by atomic mass is 10.0. The molecule has 0 radical (unpaired) electrons. The number of rotatable bonds is 27. The molecule has 1 heterocycles. The van der Waals surface area contributed by atoms with E-state index < -0.39 is 0 Å². The molecule has 0 N–H and O–H groups in total. The van der Waals surface area contributed by atoms with Crippen LogP contribution >= 0.6 is 0 Å². The van der Waals surface area contributed by atoms with Crippen molar-refractivity contribution < 1.29 is 4.74 Å². The van der Waals surface area contributed by atoms with Gasteiger partial charge in [-0.3, -0.25) is 0 Å². The third-order valence-corrected chi connectivity index (χ3v) is 7.43. The van der Waals surface area contributed by atoms with Gasteiger partial charge in [-0.15, -0.1) is 6.58 Å². The Morgan fingerprint density at radius 3 is 1.12 bits per heavy atom. The van der Waals surface area contributed by atoms with Gasteiger partial charge in [0.25, 0.3) is 0 Å². The smallest absolute Gasteiger partial charge is 0.0841 e. The number of hydrogen-bond acceptors (Lipinski definition) is 1. The number of hydrogen-bond donors (Lipinski definition) is 0. The van der Waals surface area contributed by atoms with E-state index in [-0.39, 0.29) is 0 Å². The first kappa shape index (κ1) is 29.7. The average Bonchev–Trinajstić information content (AvgIpc) is 3.55. The molecule has 0 spiro atoms. The zero-order chi connectivity index (χ0) is 23.0. The highest BCUT2D eigenvalue weighted by Gasteiger charge is 2.36. The fourth-order valence-corrected chi connectivity index (χ4v) is 5.10. The maximum atomic E-state index is 5.88. The molecule has 1 heteroatoms. The minimum absolute atomic E-state index is 0.632. The molecule has 1 nitrogen and oxygen atoms in total. The van der Waals surface area contributed by atoms with Crippen molar-refractivity contribution in [1.82, 2.24) is 0 Å². The fraction of sp³-hybridized carbons (Fsp3) is 0.935. The van der Waals surface area contributed by atoms with E-state index in [4.69, 9.17) is 4.74 Å². The maximum Gasteiger partial charge on any atom is 0.0841 e. The van der Waals surface area contributed by atoms with Crippen LogP contribution in [0.4, 0.5) is 0 Å². The van der Waals surface area contributed by atoms with Crippen molar-refractivity contribution in [3.8, 4) is 0 Å². The van der Waals surface area contributed by atoms with Gasteiger partial charge in [0.05, 0.1) is 12.2 Å². The molecule has 32 heavy (non-hydrogen) atoms. The molecular weight excluding hydrogens is 388 g/mol. The molecule has 0 aromatic rings. The third-order valence-electron chi connectivity index (χ3n) is 7.43. The Labute approximate surface area is 203 Å². The highest BCUT2D eigenvalue weighted by molar-refractivity contribution is 4.84. The Balaban J connectivity index is 1.66. The van der Waals surface area contributed by atoms with Crippen molar-refractivity contribution in [3.63, 3.8) is 0 Å². The van der Waals surface area contributed by atoms with Crippen LogP contribution in [0.5, 0.6) is 0 Å². The molecule has 1 rings (SSSR count). The van der Waals surface area contributed by atoms with Crippen molar-refractivity contribution in [2.24, 2.45) is 0 Å². The lowest BCUT2D eigenvalue weighted by Gasteiger charge is -2.04. The van der Waals surface area contributed by atoms with Gasteiger partial charge in [0, 0.05) is 0 Å². The van der Waals surface area contributed by atoms with Gasteiger partial charge in [-0.25, -0.2) is 0 Å². The largest absolute Gasteiger partial charge is 0.370 e. The molecule has 2 atom stereocenters. The van der Waals surface area contributed by atoms with Crippen LogP contribution in [0.3, 0.4) is 0 Å². The number of epoxide rings is 1. The summed E-state index contributed by atoms with van der Waals surface area (Å²) in [4.78, 5) is 0. The molecule has 1 aliphatic heterocycles. The quantitative estimate of drug-likeness (QED) is 0.0691. The van der Waals surface area contributed by atoms with E-state index in [1.807, 2.05) is 0 Å². The number of ether oxygens (including phenoxy) is 1. The van der Waals surface area contributed by atoms with Crippen molar-refractivity contribution in [3.05, 3.63) is 12.7 Å². The van der Waals surface area contributed by atoms with Crippen LogP contribution in [0, 0.1) is 0 Å². The van der Waals surface area contributed by atoms with Crippen LogP contribution < -0.4 is 0 Å². The molecule has 1 saturated heterocycles. The summed E-state index contributed by atoms with van der Waals surface area (Å²) in [6.45, 7) is 6.09. The van der Waals surface area contributed by atoms with Gasteiger partial charge in [0.2, 0.25) is 0 Å². The molecule has 190 valence electrons. The van der Waals surface area contributed by atoms with Crippen molar-refractivity contribution in [1.29, 1.82) is 0 Å². The van der Waals surface area contributed by atoms with Gasteiger partial charge in [-0.05, 0) is 25.7 Å². The summed E-state index contributed by atoms with van der Waals surface area (Å²) >= 11 is 0.